The van der Waals surface area contributed by atoms with E-state index < -0.39 is 0 Å². The molecule has 0 radical (unpaired) electrons. The van der Waals surface area contributed by atoms with Gasteiger partial charge in [0.05, 0.1) is 12.7 Å². The van der Waals surface area contributed by atoms with Crippen molar-refractivity contribution in [1.82, 2.24) is 0 Å². The van der Waals surface area contributed by atoms with Gasteiger partial charge in [0, 0.05) is 4.47 Å². The largest absolute Gasteiger partial charge is 0.465 e. The van der Waals surface area contributed by atoms with Gasteiger partial charge < -0.3 is 4.74 Å². The molecule has 0 aliphatic carbocycles. The van der Waals surface area contributed by atoms with Crippen molar-refractivity contribution in [3.63, 3.8) is 0 Å². The van der Waals surface area contributed by atoms with Gasteiger partial charge in [-0.2, -0.15) is 0 Å². The molecule has 0 atom stereocenters. The molecule has 0 heterocycles. The summed E-state index contributed by atoms with van der Waals surface area (Å²) in [6, 6.07) is 13.7. The minimum atomic E-state index is -0.329. The van der Waals surface area contributed by atoms with Gasteiger partial charge in [-0.3, -0.25) is 0 Å². The normalized spacial score (nSPS) is 10.2. The number of aryl methyl sites for hydroxylation is 1. The Morgan fingerprint density at radius 3 is 2.39 bits per heavy atom. The number of carbonyl (C=O) groups excluding carboxylic acids is 1. The highest BCUT2D eigenvalue weighted by atomic mass is 79.9. The van der Waals surface area contributed by atoms with Crippen LogP contribution in [0.4, 0.5) is 0 Å². The first-order chi connectivity index (χ1) is 8.65. The second-order valence-corrected chi connectivity index (χ2v) is 4.77. The van der Waals surface area contributed by atoms with Crippen LogP contribution < -0.4 is 0 Å². The molecule has 2 aromatic rings. The molecule has 0 amide bonds. The van der Waals surface area contributed by atoms with Gasteiger partial charge in [0.2, 0.25) is 0 Å². The average Bonchev–Trinajstić information content (AvgIpc) is 2.42. The lowest BCUT2D eigenvalue weighted by Gasteiger charge is -2.12. The Kier molecular flexibility index (Phi) is 3.82. The van der Waals surface area contributed by atoms with Crippen LogP contribution in [0.3, 0.4) is 0 Å². The highest BCUT2D eigenvalue weighted by Gasteiger charge is 2.18. The molecule has 0 spiro atoms. The minimum Gasteiger partial charge on any atom is -0.465 e. The van der Waals surface area contributed by atoms with Crippen LogP contribution in [0, 0.1) is 6.92 Å². The van der Waals surface area contributed by atoms with Crippen LogP contribution >= 0.6 is 15.9 Å². The van der Waals surface area contributed by atoms with Crippen molar-refractivity contribution in [1.29, 1.82) is 0 Å². The topological polar surface area (TPSA) is 26.3 Å². The fourth-order valence-corrected chi connectivity index (χ4v) is 2.35. The zero-order valence-electron chi connectivity index (χ0n) is 10.2. The summed E-state index contributed by atoms with van der Waals surface area (Å²) in [5.74, 6) is -0.329. The number of ether oxygens (including phenoxy) is 1. The average molecular weight is 305 g/mol. The number of hydrogen-bond acceptors (Lipinski definition) is 2. The Morgan fingerprint density at radius 1 is 1.11 bits per heavy atom. The SMILES string of the molecule is COC(=O)c1c(-c2ccccc2)ccc(C)c1Br. The molecular formula is C15H13BrO2. The number of hydrogen-bond donors (Lipinski definition) is 0. The summed E-state index contributed by atoms with van der Waals surface area (Å²) >= 11 is 3.47. The maximum Gasteiger partial charge on any atom is 0.339 e. The van der Waals surface area contributed by atoms with Crippen LogP contribution in [0.25, 0.3) is 11.1 Å². The smallest absolute Gasteiger partial charge is 0.339 e. The van der Waals surface area contributed by atoms with Crippen LogP contribution in [-0.4, -0.2) is 13.1 Å². The quantitative estimate of drug-likeness (QED) is 0.777. The van der Waals surface area contributed by atoms with Crippen LogP contribution in [0.2, 0.25) is 0 Å². The third-order valence-corrected chi connectivity index (χ3v) is 3.83. The molecule has 0 saturated carbocycles. The van der Waals surface area contributed by atoms with Crippen molar-refractivity contribution >= 4 is 21.9 Å². The highest BCUT2D eigenvalue weighted by molar-refractivity contribution is 9.10. The monoisotopic (exact) mass is 304 g/mol. The maximum absolute atomic E-state index is 11.9. The van der Waals surface area contributed by atoms with Crippen molar-refractivity contribution in [3.05, 3.63) is 58.1 Å². The Bertz CT molecular complexity index is 577. The molecule has 0 N–H and O–H groups in total. The summed E-state index contributed by atoms with van der Waals surface area (Å²) in [6.45, 7) is 1.95. The van der Waals surface area contributed by atoms with E-state index in [1.807, 2.05) is 49.4 Å². The summed E-state index contributed by atoms with van der Waals surface area (Å²) in [4.78, 5) is 11.9. The molecular weight excluding hydrogens is 292 g/mol. The lowest BCUT2D eigenvalue weighted by Crippen LogP contribution is -2.05. The van der Waals surface area contributed by atoms with Gasteiger partial charge >= 0.3 is 5.97 Å². The summed E-state index contributed by atoms with van der Waals surface area (Å²) < 4.78 is 5.65. The minimum absolute atomic E-state index is 0.329. The Morgan fingerprint density at radius 2 is 1.78 bits per heavy atom. The van der Waals surface area contributed by atoms with E-state index in [0.717, 1.165) is 21.2 Å². The van der Waals surface area contributed by atoms with E-state index in [-0.39, 0.29) is 5.97 Å². The van der Waals surface area contributed by atoms with Gasteiger partial charge in [-0.05, 0) is 39.5 Å². The third kappa shape index (κ3) is 2.31. The van der Waals surface area contributed by atoms with Gasteiger partial charge in [-0.15, -0.1) is 0 Å². The van der Waals surface area contributed by atoms with Gasteiger partial charge in [-0.1, -0.05) is 42.5 Å². The number of methoxy groups -OCH3 is 1. The molecule has 0 aliphatic rings. The molecule has 2 rings (SSSR count). The van der Waals surface area contributed by atoms with E-state index in [4.69, 9.17) is 4.74 Å². The number of carbonyl (C=O) groups is 1. The van der Waals surface area contributed by atoms with Crippen molar-refractivity contribution in [3.8, 4) is 11.1 Å². The highest BCUT2D eigenvalue weighted by Crippen LogP contribution is 2.32. The molecule has 0 aromatic heterocycles. The number of benzene rings is 2. The first kappa shape index (κ1) is 12.8. The molecule has 0 unspecified atom stereocenters. The van der Waals surface area contributed by atoms with Crippen molar-refractivity contribution in [2.75, 3.05) is 7.11 Å². The summed E-state index contributed by atoms with van der Waals surface area (Å²) in [5.41, 5.74) is 3.46. The molecule has 0 bridgehead atoms. The van der Waals surface area contributed by atoms with Gasteiger partial charge in [0.15, 0.2) is 0 Å². The molecule has 3 heteroatoms. The van der Waals surface area contributed by atoms with Crippen LogP contribution in [-0.2, 0) is 4.74 Å². The van der Waals surface area contributed by atoms with E-state index in [2.05, 4.69) is 15.9 Å². The first-order valence-corrected chi connectivity index (χ1v) is 6.37. The maximum atomic E-state index is 11.9. The molecule has 0 saturated heterocycles. The van der Waals surface area contributed by atoms with E-state index in [1.54, 1.807) is 0 Å². The first-order valence-electron chi connectivity index (χ1n) is 5.58. The van der Waals surface area contributed by atoms with Crippen molar-refractivity contribution in [2.45, 2.75) is 6.92 Å². The predicted molar refractivity (Wildman–Crippen MR) is 75.7 cm³/mol. The van der Waals surface area contributed by atoms with Crippen molar-refractivity contribution in [2.24, 2.45) is 0 Å². The van der Waals surface area contributed by atoms with E-state index in [0.29, 0.717) is 5.56 Å². The standard InChI is InChI=1S/C15H13BrO2/c1-10-8-9-12(11-6-4-3-5-7-11)13(14(10)16)15(17)18-2/h3-9H,1-2H3. The van der Waals surface area contributed by atoms with Crippen molar-refractivity contribution < 1.29 is 9.53 Å². The molecule has 0 fully saturated rings. The number of rotatable bonds is 2. The number of esters is 1. The molecule has 18 heavy (non-hydrogen) atoms. The van der Waals surface area contributed by atoms with E-state index >= 15 is 0 Å². The van der Waals surface area contributed by atoms with Crippen LogP contribution in [0.5, 0.6) is 0 Å². The molecule has 0 aliphatic heterocycles. The second-order valence-electron chi connectivity index (χ2n) is 3.98. The van der Waals surface area contributed by atoms with Gasteiger partial charge in [0.25, 0.3) is 0 Å². The van der Waals surface area contributed by atoms with Gasteiger partial charge in [-0.25, -0.2) is 4.79 Å². The fraction of sp³-hybridized carbons (Fsp3) is 0.133. The number of halogens is 1. The van der Waals surface area contributed by atoms with Gasteiger partial charge in [0.1, 0.15) is 0 Å². The summed E-state index contributed by atoms with van der Waals surface area (Å²) in [5, 5.41) is 0. The lowest BCUT2D eigenvalue weighted by atomic mass is 9.98. The van der Waals surface area contributed by atoms with E-state index in [9.17, 15) is 4.79 Å². The second kappa shape index (κ2) is 5.36. The predicted octanol–water partition coefficient (Wildman–Crippen LogP) is 4.21. The van der Waals surface area contributed by atoms with Crippen LogP contribution in [0.1, 0.15) is 15.9 Å². The Hall–Kier alpha value is -1.61. The zero-order chi connectivity index (χ0) is 13.1. The van der Waals surface area contributed by atoms with E-state index in [1.165, 1.54) is 7.11 Å². The third-order valence-electron chi connectivity index (χ3n) is 2.81. The lowest BCUT2D eigenvalue weighted by molar-refractivity contribution is 0.0600. The molecule has 2 nitrogen and oxygen atoms in total. The summed E-state index contributed by atoms with van der Waals surface area (Å²) in [6.07, 6.45) is 0. The molecule has 92 valence electrons. The Labute approximate surface area is 115 Å². The van der Waals surface area contributed by atoms with Crippen LogP contribution in [0.15, 0.2) is 46.9 Å². The Balaban J connectivity index is 2.68. The molecule has 2 aromatic carbocycles. The summed E-state index contributed by atoms with van der Waals surface area (Å²) in [7, 11) is 1.39. The zero-order valence-corrected chi connectivity index (χ0v) is 11.8. The fourth-order valence-electron chi connectivity index (χ4n) is 1.84.